The molecule has 5 rings (SSSR count). The van der Waals surface area contributed by atoms with Gasteiger partial charge in [-0.3, -0.25) is 9.78 Å². The molecule has 210 valence electrons. The zero-order valence-electron chi connectivity index (χ0n) is 20.7. The molecule has 1 unspecified atom stereocenters. The first-order valence-electron chi connectivity index (χ1n) is 11.6. The number of nitrogen functional groups attached to an aromatic ring is 1. The molecule has 0 fully saturated rings. The molecule has 5 heterocycles. The van der Waals surface area contributed by atoms with E-state index in [-0.39, 0.29) is 45.6 Å². The normalized spacial score (nSPS) is 17.8. The molecule has 1 aliphatic heterocycles. The number of rotatable bonds is 6. The van der Waals surface area contributed by atoms with Gasteiger partial charge in [0.2, 0.25) is 5.91 Å². The van der Waals surface area contributed by atoms with Crippen molar-refractivity contribution in [2.75, 3.05) is 11.1 Å². The fraction of sp³-hybridized carbons (Fsp3) is 0.333. The van der Waals surface area contributed by atoms with Crippen LogP contribution in [0.2, 0.25) is 0 Å². The molecule has 0 aliphatic carbocycles. The van der Waals surface area contributed by atoms with Crippen molar-refractivity contribution in [3.63, 3.8) is 0 Å². The SMILES string of the molecule is CC(F)(F)c1ccc(C2(C)C(=O)Nc3nc(-c4cn5ccnc5c(CCC(F)(F)C(F)(F)F)n4)nc(N)c32)cn1. The summed E-state index contributed by atoms with van der Waals surface area (Å²) in [6.07, 6.45) is -2.82. The maximum Gasteiger partial charge on any atom is 0.453 e. The van der Waals surface area contributed by atoms with Gasteiger partial charge in [-0.2, -0.15) is 30.7 Å². The first-order valence-corrected chi connectivity index (χ1v) is 11.6. The van der Waals surface area contributed by atoms with Crippen LogP contribution < -0.4 is 11.1 Å². The number of carbonyl (C=O) groups is 1. The van der Waals surface area contributed by atoms with Crippen LogP contribution in [0.5, 0.6) is 0 Å². The summed E-state index contributed by atoms with van der Waals surface area (Å²) in [5.74, 6) is -9.08. The Bertz CT molecular complexity index is 1630. The summed E-state index contributed by atoms with van der Waals surface area (Å²) in [7, 11) is 0. The summed E-state index contributed by atoms with van der Waals surface area (Å²) in [5.41, 5.74) is 4.47. The molecular weight excluding hydrogens is 549 g/mol. The minimum atomic E-state index is -5.73. The van der Waals surface area contributed by atoms with Gasteiger partial charge in [-0.15, -0.1) is 0 Å². The molecule has 0 saturated heterocycles. The van der Waals surface area contributed by atoms with E-state index in [2.05, 4.69) is 30.2 Å². The maximum absolute atomic E-state index is 13.6. The lowest BCUT2D eigenvalue weighted by molar-refractivity contribution is -0.284. The third kappa shape index (κ3) is 4.36. The van der Waals surface area contributed by atoms with Crippen molar-refractivity contribution >= 4 is 23.2 Å². The van der Waals surface area contributed by atoms with Crippen LogP contribution in [0.3, 0.4) is 0 Å². The van der Waals surface area contributed by atoms with Crippen LogP contribution >= 0.6 is 0 Å². The molecule has 4 aromatic heterocycles. The van der Waals surface area contributed by atoms with Crippen molar-refractivity contribution in [3.05, 3.63) is 59.4 Å². The van der Waals surface area contributed by atoms with Gasteiger partial charge in [0, 0.05) is 38.1 Å². The van der Waals surface area contributed by atoms with Gasteiger partial charge >= 0.3 is 12.1 Å². The van der Waals surface area contributed by atoms with E-state index in [0.717, 1.165) is 12.3 Å². The minimum Gasteiger partial charge on any atom is -0.383 e. The maximum atomic E-state index is 13.6. The van der Waals surface area contributed by atoms with Crippen molar-refractivity contribution in [2.45, 2.75) is 50.1 Å². The van der Waals surface area contributed by atoms with Crippen LogP contribution in [0.1, 0.15) is 42.8 Å². The van der Waals surface area contributed by atoms with E-state index in [1.54, 1.807) is 0 Å². The Labute approximate surface area is 220 Å². The van der Waals surface area contributed by atoms with E-state index in [4.69, 9.17) is 5.73 Å². The lowest BCUT2D eigenvalue weighted by atomic mass is 9.78. The Balaban J connectivity index is 1.54. The third-order valence-electron chi connectivity index (χ3n) is 6.68. The summed E-state index contributed by atoms with van der Waals surface area (Å²) in [5, 5.41) is 2.57. The Morgan fingerprint density at radius 1 is 1.05 bits per heavy atom. The van der Waals surface area contributed by atoms with E-state index in [9.17, 15) is 35.5 Å². The molecular formula is C24H19F7N8O. The summed E-state index contributed by atoms with van der Waals surface area (Å²) in [4.78, 5) is 33.5. The molecule has 9 nitrogen and oxygen atoms in total. The van der Waals surface area contributed by atoms with Gasteiger partial charge < -0.3 is 15.5 Å². The van der Waals surface area contributed by atoms with Gasteiger partial charge in [0.25, 0.3) is 5.92 Å². The minimum absolute atomic E-state index is 0.0161. The predicted octanol–water partition coefficient (Wildman–Crippen LogP) is 4.66. The van der Waals surface area contributed by atoms with Gasteiger partial charge in [-0.05, 0) is 25.0 Å². The van der Waals surface area contributed by atoms with Crippen molar-refractivity contribution in [1.82, 2.24) is 29.3 Å². The number of carbonyl (C=O) groups excluding carboxylic acids is 1. The van der Waals surface area contributed by atoms with Crippen LogP contribution in [0.15, 0.2) is 36.9 Å². The van der Waals surface area contributed by atoms with E-state index in [0.29, 0.717) is 6.92 Å². The molecule has 0 aromatic carbocycles. The van der Waals surface area contributed by atoms with Crippen LogP contribution in [0, 0.1) is 0 Å². The van der Waals surface area contributed by atoms with Crippen molar-refractivity contribution < 1.29 is 35.5 Å². The number of halogens is 7. The second kappa shape index (κ2) is 8.82. The number of hydrogen-bond acceptors (Lipinski definition) is 7. The molecule has 1 amide bonds. The van der Waals surface area contributed by atoms with Gasteiger partial charge in [0.1, 0.15) is 28.4 Å². The molecule has 0 bridgehead atoms. The summed E-state index contributed by atoms with van der Waals surface area (Å²) >= 11 is 0. The number of anilines is 2. The van der Waals surface area contributed by atoms with Crippen LogP contribution in [-0.4, -0.2) is 47.3 Å². The zero-order chi connectivity index (χ0) is 29.3. The second-order valence-corrected chi connectivity index (χ2v) is 9.49. The number of amides is 1. The topological polar surface area (TPSA) is 124 Å². The van der Waals surface area contributed by atoms with Gasteiger partial charge in [0.15, 0.2) is 11.5 Å². The molecule has 0 saturated carbocycles. The van der Waals surface area contributed by atoms with Gasteiger partial charge in [-0.1, -0.05) is 6.07 Å². The number of fused-ring (bicyclic) bond motifs is 2. The molecule has 0 radical (unpaired) electrons. The van der Waals surface area contributed by atoms with Crippen molar-refractivity contribution in [2.24, 2.45) is 0 Å². The number of pyridine rings is 1. The van der Waals surface area contributed by atoms with Crippen LogP contribution in [-0.2, 0) is 22.6 Å². The number of nitrogens with zero attached hydrogens (tertiary/aromatic N) is 6. The van der Waals surface area contributed by atoms with Crippen LogP contribution in [0.25, 0.3) is 17.2 Å². The quantitative estimate of drug-likeness (QED) is 0.324. The fourth-order valence-corrected chi connectivity index (χ4v) is 4.44. The molecule has 1 atom stereocenters. The fourth-order valence-electron chi connectivity index (χ4n) is 4.44. The Hall–Kier alpha value is -4.37. The zero-order valence-corrected chi connectivity index (χ0v) is 20.7. The molecule has 40 heavy (non-hydrogen) atoms. The smallest absolute Gasteiger partial charge is 0.383 e. The lowest BCUT2D eigenvalue weighted by Gasteiger charge is -2.23. The van der Waals surface area contributed by atoms with Gasteiger partial charge in [-0.25, -0.2) is 19.9 Å². The van der Waals surface area contributed by atoms with Gasteiger partial charge in [0.05, 0.1) is 11.3 Å². The van der Waals surface area contributed by atoms with Crippen LogP contribution in [0.4, 0.5) is 42.4 Å². The number of nitrogens with one attached hydrogen (secondary N) is 1. The average Bonchev–Trinajstić information content (AvgIpc) is 3.44. The highest BCUT2D eigenvalue weighted by Crippen LogP contribution is 2.45. The number of imidazole rings is 1. The highest BCUT2D eigenvalue weighted by atomic mass is 19.4. The Kier molecular flexibility index (Phi) is 6.00. The molecule has 3 N–H and O–H groups in total. The standard InChI is InChI=1S/C24H19F7N8O/c1-21(11-3-4-14(34-9-11)22(2,25)26)15-16(32)36-17(37-18(15)38-20(21)40)13-10-39-8-7-33-19(39)12(35-13)5-6-23(27,28)24(29,30)31/h3-4,7-10H,5-6H2,1-2H3,(H3,32,36,37,38,40). The summed E-state index contributed by atoms with van der Waals surface area (Å²) in [6, 6.07) is 2.41. The first kappa shape index (κ1) is 27.2. The third-order valence-corrected chi connectivity index (χ3v) is 6.68. The monoisotopic (exact) mass is 568 g/mol. The number of aryl methyl sites for hydroxylation is 1. The molecule has 16 heteroatoms. The molecule has 4 aromatic rings. The highest BCUT2D eigenvalue weighted by molar-refractivity contribution is 6.09. The summed E-state index contributed by atoms with van der Waals surface area (Å²) < 4.78 is 93.9. The predicted molar refractivity (Wildman–Crippen MR) is 127 cm³/mol. The van der Waals surface area contributed by atoms with E-state index in [1.165, 1.54) is 36.0 Å². The Morgan fingerprint density at radius 2 is 1.77 bits per heavy atom. The summed E-state index contributed by atoms with van der Waals surface area (Å²) in [6.45, 7) is 2.17. The largest absolute Gasteiger partial charge is 0.453 e. The van der Waals surface area contributed by atoms with Crippen molar-refractivity contribution in [1.29, 1.82) is 0 Å². The highest BCUT2D eigenvalue weighted by Gasteiger charge is 2.56. The number of aromatic nitrogens is 6. The van der Waals surface area contributed by atoms with E-state index < -0.39 is 47.9 Å². The number of alkyl halides is 7. The second-order valence-electron chi connectivity index (χ2n) is 9.49. The number of nitrogens with two attached hydrogens (primary N) is 1. The van der Waals surface area contributed by atoms with Crippen molar-refractivity contribution in [3.8, 4) is 11.5 Å². The number of hydrogen-bond donors (Lipinski definition) is 2. The van der Waals surface area contributed by atoms with E-state index in [1.807, 2.05) is 0 Å². The Morgan fingerprint density at radius 3 is 2.40 bits per heavy atom. The molecule has 0 spiro atoms. The lowest BCUT2D eigenvalue weighted by Crippen LogP contribution is -2.36. The first-order chi connectivity index (χ1) is 18.5. The molecule has 1 aliphatic rings. The average molecular weight is 568 g/mol. The van der Waals surface area contributed by atoms with E-state index >= 15 is 0 Å².